The minimum absolute atomic E-state index is 0.333. The van der Waals surface area contributed by atoms with E-state index in [9.17, 15) is 30.2 Å². The van der Waals surface area contributed by atoms with Crippen molar-refractivity contribution in [1.82, 2.24) is 4.90 Å². The highest BCUT2D eigenvalue weighted by molar-refractivity contribution is 7.98. The molecule has 0 saturated carbocycles. The van der Waals surface area contributed by atoms with Crippen molar-refractivity contribution in [2.75, 3.05) is 25.6 Å². The number of amides is 1. The SMILES string of the molecule is CSCCN(C)C(=O)/C(C#N)=C(\O)c1cc(O)c(O)c([N+](=O)[O-])c1. The second-order valence-corrected chi connectivity index (χ2v) is 5.66. The fourth-order valence-electron chi connectivity index (χ4n) is 1.75. The number of phenolic OH excluding ortho intramolecular Hbond substituents is 2. The molecule has 0 saturated heterocycles. The molecule has 0 radical (unpaired) electrons. The van der Waals surface area contributed by atoms with Crippen molar-refractivity contribution >= 4 is 29.1 Å². The molecule has 10 heteroatoms. The third-order valence-electron chi connectivity index (χ3n) is 3.08. The van der Waals surface area contributed by atoms with Crippen LogP contribution in [0.4, 0.5) is 5.69 Å². The Morgan fingerprint density at radius 3 is 2.58 bits per heavy atom. The van der Waals surface area contributed by atoms with Gasteiger partial charge in [-0.3, -0.25) is 14.9 Å². The number of aromatic hydroxyl groups is 2. The van der Waals surface area contributed by atoms with Gasteiger partial charge in [0, 0.05) is 31.0 Å². The van der Waals surface area contributed by atoms with Gasteiger partial charge in [0.2, 0.25) is 5.75 Å². The molecule has 24 heavy (non-hydrogen) atoms. The van der Waals surface area contributed by atoms with E-state index in [2.05, 4.69) is 0 Å². The number of benzene rings is 1. The topological polar surface area (TPSA) is 148 Å². The molecular weight excluding hydrogens is 338 g/mol. The molecule has 0 unspecified atom stereocenters. The summed E-state index contributed by atoms with van der Waals surface area (Å²) < 4.78 is 0. The Labute approximate surface area is 141 Å². The van der Waals surface area contributed by atoms with E-state index in [0.29, 0.717) is 12.3 Å². The Bertz CT molecular complexity index is 741. The van der Waals surface area contributed by atoms with Crippen LogP contribution in [0.5, 0.6) is 11.5 Å². The van der Waals surface area contributed by atoms with Crippen LogP contribution >= 0.6 is 11.8 Å². The third kappa shape index (κ3) is 4.08. The quantitative estimate of drug-likeness (QED) is 0.174. The van der Waals surface area contributed by atoms with E-state index >= 15 is 0 Å². The lowest BCUT2D eigenvalue weighted by atomic mass is 10.1. The van der Waals surface area contributed by atoms with Crippen LogP contribution in [0.3, 0.4) is 0 Å². The first-order valence-corrected chi connectivity index (χ1v) is 7.92. The first kappa shape index (κ1) is 19.1. The number of nitro benzene ring substituents is 1. The number of aliphatic hydroxyl groups is 1. The second-order valence-electron chi connectivity index (χ2n) is 4.68. The Balaban J connectivity index is 3.37. The number of hydrogen-bond donors (Lipinski definition) is 3. The van der Waals surface area contributed by atoms with Crippen LogP contribution in [-0.2, 0) is 4.79 Å². The molecule has 1 aromatic rings. The molecule has 0 fully saturated rings. The van der Waals surface area contributed by atoms with Gasteiger partial charge in [-0.05, 0) is 12.3 Å². The van der Waals surface area contributed by atoms with Gasteiger partial charge in [0.05, 0.1) is 4.92 Å². The summed E-state index contributed by atoms with van der Waals surface area (Å²) in [7, 11) is 1.44. The van der Waals surface area contributed by atoms with Crippen molar-refractivity contribution in [3.63, 3.8) is 0 Å². The third-order valence-corrected chi connectivity index (χ3v) is 3.67. The normalized spacial score (nSPS) is 11.4. The van der Waals surface area contributed by atoms with Crippen LogP contribution in [-0.4, -0.2) is 56.7 Å². The maximum atomic E-state index is 12.2. The van der Waals surface area contributed by atoms with Crippen molar-refractivity contribution in [2.45, 2.75) is 0 Å². The van der Waals surface area contributed by atoms with E-state index in [0.717, 1.165) is 12.1 Å². The largest absolute Gasteiger partial charge is 0.506 e. The minimum atomic E-state index is -0.974. The fraction of sp³-hybridized carbons (Fsp3) is 0.286. The Kier molecular flexibility index (Phi) is 6.43. The van der Waals surface area contributed by atoms with Crippen LogP contribution in [0.2, 0.25) is 0 Å². The number of nitriles is 1. The molecule has 1 aromatic carbocycles. The Morgan fingerprint density at radius 2 is 2.08 bits per heavy atom. The molecule has 1 rings (SSSR count). The molecule has 0 bridgehead atoms. The van der Waals surface area contributed by atoms with E-state index in [1.165, 1.54) is 23.7 Å². The van der Waals surface area contributed by atoms with E-state index in [4.69, 9.17) is 5.26 Å². The number of hydrogen-bond acceptors (Lipinski definition) is 8. The van der Waals surface area contributed by atoms with Crippen LogP contribution in [0, 0.1) is 21.4 Å². The number of nitro groups is 1. The van der Waals surface area contributed by atoms with Crippen molar-refractivity contribution in [1.29, 1.82) is 5.26 Å². The van der Waals surface area contributed by atoms with Crippen LogP contribution in [0.25, 0.3) is 5.76 Å². The number of carbonyl (C=O) groups excluding carboxylic acids is 1. The van der Waals surface area contributed by atoms with Gasteiger partial charge in [0.15, 0.2) is 11.3 Å². The summed E-state index contributed by atoms with van der Waals surface area (Å²) in [6.45, 7) is 0.333. The van der Waals surface area contributed by atoms with Crippen molar-refractivity contribution in [3.8, 4) is 17.6 Å². The van der Waals surface area contributed by atoms with Gasteiger partial charge in [-0.15, -0.1) is 0 Å². The zero-order chi connectivity index (χ0) is 18.4. The molecule has 0 aliphatic heterocycles. The lowest BCUT2D eigenvalue weighted by Gasteiger charge is -2.16. The summed E-state index contributed by atoms with van der Waals surface area (Å²) in [6.07, 6.45) is 1.84. The molecule has 0 aliphatic rings. The summed E-state index contributed by atoms with van der Waals surface area (Å²) in [6, 6.07) is 3.14. The molecule has 0 aliphatic carbocycles. The monoisotopic (exact) mass is 353 g/mol. The summed E-state index contributed by atoms with van der Waals surface area (Å²) in [5, 5.41) is 49.1. The smallest absolute Gasteiger partial charge is 0.315 e. The lowest BCUT2D eigenvalue weighted by Crippen LogP contribution is -2.30. The van der Waals surface area contributed by atoms with E-state index in [-0.39, 0.29) is 5.56 Å². The van der Waals surface area contributed by atoms with Gasteiger partial charge in [-0.1, -0.05) is 0 Å². The van der Waals surface area contributed by atoms with Crippen LogP contribution in [0.15, 0.2) is 17.7 Å². The zero-order valence-corrected chi connectivity index (χ0v) is 13.7. The van der Waals surface area contributed by atoms with Gasteiger partial charge in [-0.25, -0.2) is 0 Å². The highest BCUT2D eigenvalue weighted by Gasteiger charge is 2.24. The number of rotatable bonds is 6. The number of likely N-dealkylation sites (N-methyl/N-ethyl adjacent to an activating group) is 1. The van der Waals surface area contributed by atoms with E-state index in [1.54, 1.807) is 6.07 Å². The highest BCUT2D eigenvalue weighted by atomic mass is 32.2. The Morgan fingerprint density at radius 1 is 1.46 bits per heavy atom. The summed E-state index contributed by atoms with van der Waals surface area (Å²) >= 11 is 1.49. The number of phenols is 2. The molecule has 1 amide bonds. The number of thioether (sulfide) groups is 1. The highest BCUT2D eigenvalue weighted by Crippen LogP contribution is 2.38. The van der Waals surface area contributed by atoms with Gasteiger partial charge in [-0.2, -0.15) is 17.0 Å². The van der Waals surface area contributed by atoms with Crippen LogP contribution < -0.4 is 0 Å². The van der Waals surface area contributed by atoms with Crippen LogP contribution in [0.1, 0.15) is 5.56 Å². The predicted molar refractivity (Wildman–Crippen MR) is 87.6 cm³/mol. The maximum Gasteiger partial charge on any atom is 0.315 e. The lowest BCUT2D eigenvalue weighted by molar-refractivity contribution is -0.386. The number of aliphatic hydroxyl groups excluding tert-OH is 1. The van der Waals surface area contributed by atoms with Gasteiger partial charge in [0.25, 0.3) is 5.91 Å². The fourth-order valence-corrected chi connectivity index (χ4v) is 2.20. The molecule has 0 spiro atoms. The summed E-state index contributed by atoms with van der Waals surface area (Å²) in [5.41, 5.74) is -1.82. The molecule has 128 valence electrons. The number of carbonyl (C=O) groups is 1. The summed E-state index contributed by atoms with van der Waals surface area (Å²) in [5.74, 6) is -2.80. The van der Waals surface area contributed by atoms with E-state index in [1.807, 2.05) is 6.26 Å². The predicted octanol–water partition coefficient (Wildman–Crippen LogP) is 1.62. The molecular formula is C14H15N3O6S. The van der Waals surface area contributed by atoms with Crippen molar-refractivity contribution < 1.29 is 25.0 Å². The van der Waals surface area contributed by atoms with E-state index < -0.39 is 39.3 Å². The summed E-state index contributed by atoms with van der Waals surface area (Å²) in [4.78, 5) is 23.3. The first-order valence-electron chi connectivity index (χ1n) is 6.53. The van der Waals surface area contributed by atoms with Crippen molar-refractivity contribution in [3.05, 3.63) is 33.4 Å². The molecule has 0 aromatic heterocycles. The molecule has 3 N–H and O–H groups in total. The number of nitrogens with zero attached hydrogens (tertiary/aromatic N) is 3. The van der Waals surface area contributed by atoms with Gasteiger partial charge < -0.3 is 20.2 Å². The molecule has 0 atom stereocenters. The second kappa shape index (κ2) is 8.07. The Hall–Kier alpha value is -2.93. The minimum Gasteiger partial charge on any atom is -0.506 e. The first-order chi connectivity index (χ1) is 11.2. The average Bonchev–Trinajstić information content (AvgIpc) is 2.54. The maximum absolute atomic E-state index is 12.2. The van der Waals surface area contributed by atoms with Gasteiger partial charge in [0.1, 0.15) is 11.8 Å². The standard InChI is InChI=1S/C14H15N3O6S/c1-16(3-4-24-2)14(21)9(7-15)12(19)8-5-10(17(22)23)13(20)11(18)6-8/h5-6,18-20H,3-4H2,1-2H3/b12-9-. The zero-order valence-electron chi connectivity index (χ0n) is 12.9. The molecule has 0 heterocycles. The van der Waals surface area contributed by atoms with Gasteiger partial charge >= 0.3 is 5.69 Å². The van der Waals surface area contributed by atoms with Crippen molar-refractivity contribution in [2.24, 2.45) is 0 Å². The average molecular weight is 353 g/mol. The molecule has 9 nitrogen and oxygen atoms in total.